The van der Waals surface area contributed by atoms with Crippen LogP contribution in [0.3, 0.4) is 0 Å². The first-order valence-corrected chi connectivity index (χ1v) is 6.88. The molecule has 0 spiro atoms. The molecule has 0 saturated heterocycles. The summed E-state index contributed by atoms with van der Waals surface area (Å²) in [6.07, 6.45) is 0.645. The molecule has 0 radical (unpaired) electrons. The van der Waals surface area contributed by atoms with Crippen LogP contribution in [0, 0.1) is 0 Å². The van der Waals surface area contributed by atoms with Crippen molar-refractivity contribution in [3.63, 3.8) is 0 Å². The third-order valence-corrected chi connectivity index (χ3v) is 5.95. The van der Waals surface area contributed by atoms with Crippen molar-refractivity contribution in [2.45, 2.75) is 26.4 Å². The van der Waals surface area contributed by atoms with E-state index in [0.717, 1.165) is 0 Å². The summed E-state index contributed by atoms with van der Waals surface area (Å²) in [5.41, 5.74) is 0.555. The third kappa shape index (κ3) is 2.50. The van der Waals surface area contributed by atoms with E-state index in [1.165, 1.54) is 0 Å². The highest BCUT2D eigenvalue weighted by Crippen LogP contribution is 2.07. The molecule has 0 amide bonds. The fourth-order valence-electron chi connectivity index (χ4n) is 0.553. The molecule has 3 heteroatoms. The number of carbonyl (C=O) groups is 1. The predicted octanol–water partition coefficient (Wildman–Crippen LogP) is 1.99. The van der Waals surface area contributed by atoms with Crippen molar-refractivity contribution in [2.75, 3.05) is 5.50 Å². The molecule has 0 aromatic heterocycles. The van der Waals surface area contributed by atoms with Crippen LogP contribution in [0.1, 0.15) is 13.3 Å². The van der Waals surface area contributed by atoms with Crippen LogP contribution in [0.4, 0.5) is 0 Å². The minimum Gasteiger partial charge on any atom is -0.305 e. The van der Waals surface area contributed by atoms with Gasteiger partial charge in [0.1, 0.15) is 13.5 Å². The summed E-state index contributed by atoms with van der Waals surface area (Å²) < 4.78 is 0. The van der Waals surface area contributed by atoms with Gasteiger partial charge in [0.2, 0.25) is 0 Å². The molecule has 0 saturated carbocycles. The van der Waals surface area contributed by atoms with E-state index in [1.807, 2.05) is 20.0 Å². The van der Waals surface area contributed by atoms with Gasteiger partial charge in [0, 0.05) is 5.50 Å². The second kappa shape index (κ2) is 3.37. The Bertz CT molecular complexity index is 112. The van der Waals surface area contributed by atoms with Crippen molar-refractivity contribution in [3.05, 3.63) is 0 Å². The van der Waals surface area contributed by atoms with E-state index in [0.29, 0.717) is 17.3 Å². The Balaban J connectivity index is 3.97. The van der Waals surface area contributed by atoms with Crippen molar-refractivity contribution in [3.8, 4) is 0 Å². The molecule has 0 aromatic carbocycles. The molecule has 0 aliphatic rings. The third-order valence-electron chi connectivity index (χ3n) is 1.41. The Morgan fingerprint density at radius 2 is 2.00 bits per heavy atom. The molecule has 0 heterocycles. The molecule has 54 valence electrons. The second-order valence-electron chi connectivity index (χ2n) is 2.79. The Morgan fingerprint density at radius 3 is 2.11 bits per heavy atom. The first-order chi connectivity index (χ1) is 4.04. The lowest BCUT2D eigenvalue weighted by Gasteiger charge is -2.14. The van der Waals surface area contributed by atoms with E-state index in [9.17, 15) is 4.79 Å². The molecule has 0 aliphatic heterocycles. The van der Waals surface area contributed by atoms with Gasteiger partial charge < -0.3 is 4.79 Å². The van der Waals surface area contributed by atoms with Gasteiger partial charge >= 0.3 is 0 Å². The van der Waals surface area contributed by atoms with Crippen LogP contribution in [0.15, 0.2) is 0 Å². The number of alkyl halides is 1. The van der Waals surface area contributed by atoms with Crippen LogP contribution in [0.25, 0.3) is 0 Å². The van der Waals surface area contributed by atoms with E-state index in [2.05, 4.69) is 0 Å². The van der Waals surface area contributed by atoms with Gasteiger partial charge in [-0.2, -0.15) is 0 Å². The normalized spacial score (nSPS) is 11.6. The van der Waals surface area contributed by atoms with Crippen LogP contribution in [0.5, 0.6) is 0 Å². The van der Waals surface area contributed by atoms with Gasteiger partial charge in [-0.25, -0.2) is 0 Å². The first-order valence-electron chi connectivity index (χ1n) is 3.14. The Labute approximate surface area is 62.4 Å². The second-order valence-corrected chi connectivity index (χ2v) is 8.19. The molecule has 0 unspecified atom stereocenters. The predicted molar refractivity (Wildman–Crippen MR) is 43.5 cm³/mol. The summed E-state index contributed by atoms with van der Waals surface area (Å²) in [4.78, 5) is 11.0. The molecule has 1 nitrogen and oxygen atoms in total. The fraction of sp³-hybridized carbons (Fsp3) is 0.833. The van der Waals surface area contributed by atoms with E-state index in [4.69, 9.17) is 11.6 Å². The summed E-state index contributed by atoms with van der Waals surface area (Å²) >= 11 is 5.61. The van der Waals surface area contributed by atoms with Crippen LogP contribution >= 0.6 is 11.6 Å². The molecule has 9 heavy (non-hydrogen) atoms. The smallest absolute Gasteiger partial charge is 0.141 e. The Hall–Kier alpha value is 0.177. The molecule has 0 fully saturated rings. The summed E-state index contributed by atoms with van der Waals surface area (Å²) in [6, 6.07) is 0. The van der Waals surface area contributed by atoms with Gasteiger partial charge in [0.15, 0.2) is 0 Å². The molecule has 0 bridgehead atoms. The van der Waals surface area contributed by atoms with Crippen molar-refractivity contribution in [1.82, 2.24) is 0 Å². The molecule has 0 N–H and O–H groups in total. The van der Waals surface area contributed by atoms with Crippen molar-refractivity contribution in [2.24, 2.45) is 0 Å². The van der Waals surface area contributed by atoms with E-state index < -0.39 is 8.07 Å². The molecule has 0 rings (SSSR count). The zero-order valence-corrected chi connectivity index (χ0v) is 7.96. The zero-order chi connectivity index (χ0) is 7.49. The lowest BCUT2D eigenvalue weighted by atomic mass is 10.6. The van der Waals surface area contributed by atoms with Crippen molar-refractivity contribution in [1.29, 1.82) is 0 Å². The highest BCUT2D eigenvalue weighted by molar-refractivity contribution is 7.07. The van der Waals surface area contributed by atoms with Crippen molar-refractivity contribution >= 4 is 25.1 Å². The van der Waals surface area contributed by atoms with Gasteiger partial charge in [0.25, 0.3) is 0 Å². The minimum absolute atomic E-state index is 0.373. The summed E-state index contributed by atoms with van der Waals surface area (Å²) in [5.74, 6) is 0. The highest BCUT2D eigenvalue weighted by atomic mass is 35.5. The lowest BCUT2D eigenvalue weighted by molar-refractivity contribution is -0.112. The maximum Gasteiger partial charge on any atom is 0.141 e. The first kappa shape index (κ1) is 9.18. The minimum atomic E-state index is -1.65. The van der Waals surface area contributed by atoms with Gasteiger partial charge in [-0.3, -0.25) is 0 Å². The molecular formula is C6H13ClOSi. The number of carbonyl (C=O) groups excluding carboxylic acids is 1. The Morgan fingerprint density at radius 1 is 1.56 bits per heavy atom. The Kier molecular flexibility index (Phi) is 3.44. The molecule has 0 aromatic rings. The van der Waals surface area contributed by atoms with E-state index in [-0.39, 0.29) is 0 Å². The van der Waals surface area contributed by atoms with E-state index in [1.54, 1.807) is 0 Å². The van der Waals surface area contributed by atoms with Gasteiger partial charge in [-0.1, -0.05) is 20.0 Å². The standard InChI is InChI=1S/C6H13ClOSi/c1-4-6(8)9(2,3)5-7/h4-5H2,1-3H3. The monoisotopic (exact) mass is 164 g/mol. The largest absolute Gasteiger partial charge is 0.305 e. The lowest BCUT2D eigenvalue weighted by Crippen LogP contribution is -2.39. The molecule has 0 atom stereocenters. The zero-order valence-electron chi connectivity index (χ0n) is 6.20. The number of hydrogen-bond acceptors (Lipinski definition) is 1. The summed E-state index contributed by atoms with van der Waals surface area (Å²) in [6.45, 7) is 5.90. The SMILES string of the molecule is CCC(=O)[Si](C)(C)CCl. The van der Waals surface area contributed by atoms with Crippen LogP contribution in [-0.4, -0.2) is 19.0 Å². The number of rotatable bonds is 3. The number of hydrogen-bond donors (Lipinski definition) is 0. The average molecular weight is 165 g/mol. The molecular weight excluding hydrogens is 152 g/mol. The van der Waals surface area contributed by atoms with Gasteiger partial charge in [0.05, 0.1) is 0 Å². The molecule has 0 aliphatic carbocycles. The maximum absolute atomic E-state index is 11.0. The average Bonchev–Trinajstić information content (AvgIpc) is 1.86. The highest BCUT2D eigenvalue weighted by Gasteiger charge is 2.27. The summed E-state index contributed by atoms with van der Waals surface area (Å²) in [5, 5.41) is 0.373. The number of halogens is 1. The van der Waals surface area contributed by atoms with Gasteiger partial charge in [-0.05, 0) is 6.42 Å². The topological polar surface area (TPSA) is 17.1 Å². The maximum atomic E-state index is 11.0. The summed E-state index contributed by atoms with van der Waals surface area (Å²) in [7, 11) is -1.65. The van der Waals surface area contributed by atoms with Gasteiger partial charge in [-0.15, -0.1) is 11.6 Å². The quantitative estimate of drug-likeness (QED) is 0.461. The van der Waals surface area contributed by atoms with Crippen LogP contribution in [-0.2, 0) is 4.79 Å². The van der Waals surface area contributed by atoms with Crippen molar-refractivity contribution < 1.29 is 4.79 Å². The fourth-order valence-corrected chi connectivity index (χ4v) is 2.11. The van der Waals surface area contributed by atoms with E-state index >= 15 is 0 Å². The van der Waals surface area contributed by atoms with Crippen LogP contribution < -0.4 is 0 Å². The van der Waals surface area contributed by atoms with Crippen LogP contribution in [0.2, 0.25) is 13.1 Å².